The van der Waals surface area contributed by atoms with Gasteiger partial charge in [-0.2, -0.15) is 0 Å². The average molecular weight is 600 g/mol. The molecule has 42 heavy (non-hydrogen) atoms. The average Bonchev–Trinajstić information content (AvgIpc) is 2.85. The molecular formula is C28H49N5O9. The molecule has 0 heterocycles. The fourth-order valence-corrected chi connectivity index (χ4v) is 4.14. The number of rotatable bonds is 18. The Hall–Kier alpha value is -3.71. The first kappa shape index (κ1) is 38.3. The van der Waals surface area contributed by atoms with Gasteiger partial charge in [0.25, 0.3) is 0 Å². The molecule has 0 aliphatic rings. The van der Waals surface area contributed by atoms with E-state index in [0.29, 0.717) is 12.8 Å². The zero-order valence-corrected chi connectivity index (χ0v) is 26.0. The molecule has 4 unspecified atom stereocenters. The van der Waals surface area contributed by atoms with Crippen molar-refractivity contribution in [2.45, 2.75) is 112 Å². The first-order valence-electron chi connectivity index (χ1n) is 14.3. The number of carboxylic acids is 2. The van der Waals surface area contributed by atoms with Gasteiger partial charge in [-0.15, -0.1) is 0 Å². The fourth-order valence-electron chi connectivity index (χ4n) is 4.14. The molecular weight excluding hydrogens is 550 g/mol. The zero-order valence-electron chi connectivity index (χ0n) is 26.0. The van der Waals surface area contributed by atoms with Gasteiger partial charge in [0, 0.05) is 12.5 Å². The van der Waals surface area contributed by atoms with Crippen LogP contribution in [-0.4, -0.2) is 82.4 Å². The number of nitrogens with one attached hydrogen (secondary N) is 5. The van der Waals surface area contributed by atoms with E-state index in [1.54, 1.807) is 41.5 Å². The van der Waals surface area contributed by atoms with E-state index in [1.165, 1.54) is 0 Å². The number of hydrogen-bond acceptors (Lipinski definition) is 7. The molecule has 5 amide bonds. The molecule has 7 N–H and O–H groups in total. The molecule has 0 radical (unpaired) electrons. The van der Waals surface area contributed by atoms with Crippen LogP contribution in [0.2, 0.25) is 0 Å². The third kappa shape index (κ3) is 13.8. The lowest BCUT2D eigenvalue weighted by atomic mass is 9.85. The van der Waals surface area contributed by atoms with Crippen LogP contribution in [0.3, 0.4) is 0 Å². The Morgan fingerprint density at radius 1 is 0.667 bits per heavy atom. The number of aliphatic carboxylic acids is 2. The number of carboxylic acid groups (broad SMARTS) is 2. The lowest BCUT2D eigenvalue weighted by molar-refractivity contribution is -0.144. The maximum Gasteiger partial charge on any atom is 0.326 e. The topological polar surface area (TPSA) is 220 Å². The molecule has 0 aromatic carbocycles. The SMILES string of the molecule is CCNC(=O)CC(NC(=O)C(NC(=O)C(CC)CC)C(C)(C)C)C(=O)NC(CC(=O)O)C(=O)NC(CC(C)C)C(=O)O. The smallest absolute Gasteiger partial charge is 0.326 e. The summed E-state index contributed by atoms with van der Waals surface area (Å²) in [4.78, 5) is 88.0. The van der Waals surface area contributed by atoms with E-state index in [9.17, 15) is 43.8 Å². The number of carbonyl (C=O) groups excluding carboxylic acids is 5. The van der Waals surface area contributed by atoms with E-state index >= 15 is 0 Å². The van der Waals surface area contributed by atoms with Crippen molar-refractivity contribution in [2.24, 2.45) is 17.3 Å². The summed E-state index contributed by atoms with van der Waals surface area (Å²) in [5.41, 5.74) is -0.799. The number of carbonyl (C=O) groups is 7. The second kappa shape index (κ2) is 18.0. The lowest BCUT2D eigenvalue weighted by Gasteiger charge is -2.33. The molecule has 240 valence electrons. The Morgan fingerprint density at radius 2 is 1.14 bits per heavy atom. The summed E-state index contributed by atoms with van der Waals surface area (Å²) in [6.45, 7) is 14.2. The maximum absolute atomic E-state index is 13.4. The minimum atomic E-state index is -1.70. The largest absolute Gasteiger partial charge is 0.481 e. The van der Waals surface area contributed by atoms with Crippen molar-refractivity contribution in [3.8, 4) is 0 Å². The van der Waals surface area contributed by atoms with Crippen LogP contribution in [0, 0.1) is 17.3 Å². The van der Waals surface area contributed by atoms with E-state index in [-0.39, 0.29) is 30.7 Å². The zero-order chi connectivity index (χ0) is 32.8. The molecule has 0 fully saturated rings. The first-order valence-corrected chi connectivity index (χ1v) is 14.3. The third-order valence-corrected chi connectivity index (χ3v) is 6.50. The molecule has 0 saturated carbocycles. The summed E-state index contributed by atoms with van der Waals surface area (Å²) in [6, 6.07) is -5.68. The summed E-state index contributed by atoms with van der Waals surface area (Å²) in [5, 5.41) is 31.0. The van der Waals surface area contributed by atoms with Crippen LogP contribution in [0.4, 0.5) is 0 Å². The number of amides is 5. The van der Waals surface area contributed by atoms with E-state index in [0.717, 1.165) is 0 Å². The van der Waals surface area contributed by atoms with E-state index in [4.69, 9.17) is 0 Å². The van der Waals surface area contributed by atoms with Crippen molar-refractivity contribution in [1.82, 2.24) is 26.6 Å². The summed E-state index contributed by atoms with van der Waals surface area (Å²) < 4.78 is 0. The second-order valence-corrected chi connectivity index (χ2v) is 11.7. The molecule has 0 bridgehead atoms. The Labute approximate surface area is 247 Å². The summed E-state index contributed by atoms with van der Waals surface area (Å²) in [5.74, 6) is -7.02. The van der Waals surface area contributed by atoms with Crippen molar-refractivity contribution in [3.05, 3.63) is 0 Å². The van der Waals surface area contributed by atoms with Crippen LogP contribution >= 0.6 is 0 Å². The van der Waals surface area contributed by atoms with Gasteiger partial charge in [0.15, 0.2) is 0 Å². The second-order valence-electron chi connectivity index (χ2n) is 11.7. The predicted octanol–water partition coefficient (Wildman–Crippen LogP) is 0.540. The molecule has 0 aliphatic heterocycles. The minimum absolute atomic E-state index is 0.0571. The lowest BCUT2D eigenvalue weighted by Crippen LogP contribution is -2.61. The molecule has 0 aromatic heterocycles. The van der Waals surface area contributed by atoms with Crippen LogP contribution in [-0.2, 0) is 33.6 Å². The van der Waals surface area contributed by atoms with Gasteiger partial charge in [-0.3, -0.25) is 28.8 Å². The van der Waals surface area contributed by atoms with Gasteiger partial charge in [0.1, 0.15) is 24.2 Å². The van der Waals surface area contributed by atoms with E-state index in [2.05, 4.69) is 26.6 Å². The van der Waals surface area contributed by atoms with Crippen molar-refractivity contribution in [1.29, 1.82) is 0 Å². The molecule has 4 atom stereocenters. The normalized spacial score (nSPS) is 14.2. The Bertz CT molecular complexity index is 973. The molecule has 0 saturated heterocycles. The van der Waals surface area contributed by atoms with Gasteiger partial charge >= 0.3 is 11.9 Å². The van der Waals surface area contributed by atoms with Crippen LogP contribution < -0.4 is 26.6 Å². The minimum Gasteiger partial charge on any atom is -0.481 e. The van der Waals surface area contributed by atoms with Crippen molar-refractivity contribution >= 4 is 41.5 Å². The molecule has 0 aromatic rings. The van der Waals surface area contributed by atoms with E-state index < -0.39 is 78.0 Å². The summed E-state index contributed by atoms with van der Waals surface area (Å²) >= 11 is 0. The highest BCUT2D eigenvalue weighted by molar-refractivity contribution is 5.98. The molecule has 14 heteroatoms. The van der Waals surface area contributed by atoms with Crippen molar-refractivity contribution in [2.75, 3.05) is 6.54 Å². The van der Waals surface area contributed by atoms with E-state index in [1.807, 2.05) is 13.8 Å². The van der Waals surface area contributed by atoms with Crippen LogP contribution in [0.25, 0.3) is 0 Å². The number of hydrogen-bond donors (Lipinski definition) is 7. The van der Waals surface area contributed by atoms with Gasteiger partial charge in [-0.25, -0.2) is 4.79 Å². The fraction of sp³-hybridized carbons (Fsp3) is 0.750. The Morgan fingerprint density at radius 3 is 1.55 bits per heavy atom. The monoisotopic (exact) mass is 599 g/mol. The highest BCUT2D eigenvalue weighted by atomic mass is 16.4. The molecule has 0 aliphatic carbocycles. The maximum atomic E-state index is 13.4. The van der Waals surface area contributed by atoms with Gasteiger partial charge in [0.2, 0.25) is 29.5 Å². The molecule has 0 spiro atoms. The van der Waals surface area contributed by atoms with Crippen molar-refractivity contribution in [3.63, 3.8) is 0 Å². The highest BCUT2D eigenvalue weighted by Crippen LogP contribution is 2.21. The van der Waals surface area contributed by atoms with Crippen molar-refractivity contribution < 1.29 is 43.8 Å². The highest BCUT2D eigenvalue weighted by Gasteiger charge is 2.37. The van der Waals surface area contributed by atoms with Crippen LogP contribution in [0.1, 0.15) is 87.5 Å². The first-order chi connectivity index (χ1) is 19.4. The standard InChI is InChI=1S/C28H49N5O9/c1-9-16(10-2)23(37)33-22(28(6,7)8)26(40)31-17(13-20(34)29-11-3)24(38)30-18(14-21(35)36)25(39)32-19(27(41)42)12-15(4)5/h15-19,22H,9-14H2,1-8H3,(H,29,34)(H,30,38)(H,31,40)(H,32,39)(H,33,37)(H,35,36)(H,41,42). The van der Waals surface area contributed by atoms with Crippen LogP contribution in [0.5, 0.6) is 0 Å². The van der Waals surface area contributed by atoms with Gasteiger partial charge < -0.3 is 36.8 Å². The summed E-state index contributed by atoms with van der Waals surface area (Å²) in [6.07, 6.45) is -0.272. The molecule has 14 nitrogen and oxygen atoms in total. The van der Waals surface area contributed by atoms with Gasteiger partial charge in [-0.1, -0.05) is 48.5 Å². The molecule has 0 rings (SSSR count). The third-order valence-electron chi connectivity index (χ3n) is 6.50. The van der Waals surface area contributed by atoms with Gasteiger partial charge in [0.05, 0.1) is 12.8 Å². The van der Waals surface area contributed by atoms with Gasteiger partial charge in [-0.05, 0) is 37.5 Å². The summed E-state index contributed by atoms with van der Waals surface area (Å²) in [7, 11) is 0. The Kier molecular flexibility index (Phi) is 16.4. The predicted molar refractivity (Wildman–Crippen MR) is 154 cm³/mol. The Balaban J connectivity index is 6.16. The quantitative estimate of drug-likeness (QED) is 0.117. The van der Waals surface area contributed by atoms with Crippen LogP contribution in [0.15, 0.2) is 0 Å².